The third-order valence-electron chi connectivity index (χ3n) is 12.0. The van der Waals surface area contributed by atoms with E-state index in [4.69, 9.17) is 24.4 Å². The predicted molar refractivity (Wildman–Crippen MR) is 243 cm³/mol. The Balaban J connectivity index is 0.953. The molecular formula is C56H35N3O2. The molecule has 2 heterocycles. The Labute approximate surface area is 353 Å². The molecule has 286 valence electrons. The summed E-state index contributed by atoms with van der Waals surface area (Å²) >= 11 is 0. The summed E-state index contributed by atoms with van der Waals surface area (Å²) in [6.45, 7) is 0. The van der Waals surface area contributed by atoms with Crippen molar-refractivity contribution in [1.82, 2.24) is 15.0 Å². The number of rotatable bonds is 6. The monoisotopic (exact) mass is 781 g/mol. The third-order valence-corrected chi connectivity index (χ3v) is 12.0. The second-order valence-corrected chi connectivity index (χ2v) is 15.5. The molecule has 1 aliphatic heterocycles. The number of benzene rings is 9. The second kappa shape index (κ2) is 14.0. The Hall–Kier alpha value is -8.15. The lowest BCUT2D eigenvalue weighted by Gasteiger charge is -2.34. The van der Waals surface area contributed by atoms with Crippen molar-refractivity contribution in [3.63, 3.8) is 0 Å². The van der Waals surface area contributed by atoms with E-state index in [-0.39, 0.29) is 0 Å². The maximum Gasteiger partial charge on any atom is 0.178 e. The minimum Gasteiger partial charge on any atom is -0.449 e. The molecule has 1 aromatic heterocycles. The van der Waals surface area contributed by atoms with Gasteiger partial charge in [-0.15, -0.1) is 0 Å². The van der Waals surface area contributed by atoms with Gasteiger partial charge in [-0.2, -0.15) is 0 Å². The summed E-state index contributed by atoms with van der Waals surface area (Å²) < 4.78 is 13.7. The number of fused-ring (bicyclic) bond motifs is 7. The Kier molecular flexibility index (Phi) is 8.00. The maximum atomic E-state index is 7.02. The van der Waals surface area contributed by atoms with E-state index in [1.54, 1.807) is 0 Å². The van der Waals surface area contributed by atoms with Crippen LogP contribution in [0.3, 0.4) is 0 Å². The average Bonchev–Trinajstić information content (AvgIpc) is 3.65. The SMILES string of the molecule is c1ccc(-c2nc(-c3cccc(-c4ccc5c(c4)Oc4c(ccc6c4-c4ccccc4C6(c4ccccc4)c4ccccc4)O5)c3)nc(-c3ccc4ccccc4c3)n2)cc1. The van der Waals surface area contributed by atoms with Gasteiger partial charge < -0.3 is 9.47 Å². The van der Waals surface area contributed by atoms with E-state index < -0.39 is 5.41 Å². The largest absolute Gasteiger partial charge is 0.449 e. The standard InChI is InChI=1S/C56H35N3O2/c1-4-16-37(17-5-1)53-57-54(59-55(58-53)42-28-27-36-15-10-11-18-38(36)33-42)41-20-14-19-39(34-41)40-29-31-48-50(35-40)61-52-49(60-48)32-30-47-51(52)45-25-12-13-26-46(45)56(47,43-21-6-2-7-22-43)44-23-8-3-9-24-44/h1-35H. The molecular weight excluding hydrogens is 747 g/mol. The zero-order valence-electron chi connectivity index (χ0n) is 32.9. The summed E-state index contributed by atoms with van der Waals surface area (Å²) in [7, 11) is 0. The lowest BCUT2D eigenvalue weighted by molar-refractivity contribution is 0.360. The van der Waals surface area contributed by atoms with Gasteiger partial charge in [0.15, 0.2) is 40.5 Å². The van der Waals surface area contributed by atoms with Crippen molar-refractivity contribution in [2.45, 2.75) is 5.41 Å². The van der Waals surface area contributed by atoms with E-state index in [1.165, 1.54) is 22.1 Å². The van der Waals surface area contributed by atoms with Crippen LogP contribution in [0.25, 0.3) is 67.2 Å². The van der Waals surface area contributed by atoms with E-state index in [0.29, 0.717) is 34.7 Å². The van der Waals surface area contributed by atoms with Crippen molar-refractivity contribution in [3.05, 3.63) is 235 Å². The first-order valence-corrected chi connectivity index (χ1v) is 20.5. The van der Waals surface area contributed by atoms with E-state index in [1.807, 2.05) is 36.4 Å². The minimum atomic E-state index is -0.543. The normalized spacial score (nSPS) is 13.0. The van der Waals surface area contributed by atoms with E-state index in [2.05, 4.69) is 176 Å². The van der Waals surface area contributed by atoms with Crippen molar-refractivity contribution in [2.75, 3.05) is 0 Å². The summed E-state index contributed by atoms with van der Waals surface area (Å²) in [5.74, 6) is 4.57. The Morgan fingerprint density at radius 2 is 0.885 bits per heavy atom. The molecule has 10 aromatic rings. The highest BCUT2D eigenvalue weighted by Crippen LogP contribution is 2.62. The number of nitrogens with zero attached hydrogens (tertiary/aromatic N) is 3. The molecule has 1 aliphatic carbocycles. The van der Waals surface area contributed by atoms with E-state index in [0.717, 1.165) is 55.6 Å². The molecule has 0 unspecified atom stereocenters. The molecule has 0 fully saturated rings. The smallest absolute Gasteiger partial charge is 0.178 e. The molecule has 5 heteroatoms. The van der Waals surface area contributed by atoms with Gasteiger partial charge in [0.25, 0.3) is 0 Å². The molecule has 2 aliphatic rings. The molecule has 0 saturated heterocycles. The van der Waals surface area contributed by atoms with Crippen LogP contribution in [0.1, 0.15) is 22.3 Å². The highest BCUT2D eigenvalue weighted by atomic mass is 16.6. The quantitative estimate of drug-likeness (QED) is 0.168. The second-order valence-electron chi connectivity index (χ2n) is 15.5. The summed E-state index contributed by atoms with van der Waals surface area (Å²) in [4.78, 5) is 15.1. The Morgan fingerprint density at radius 3 is 1.64 bits per heavy atom. The lowest BCUT2D eigenvalue weighted by Crippen LogP contribution is -2.28. The van der Waals surface area contributed by atoms with Crippen LogP contribution in [-0.2, 0) is 5.41 Å². The van der Waals surface area contributed by atoms with E-state index in [9.17, 15) is 0 Å². The van der Waals surface area contributed by atoms with Gasteiger partial charge in [0, 0.05) is 22.3 Å². The highest BCUT2D eigenvalue weighted by molar-refractivity contribution is 5.92. The molecule has 0 bridgehead atoms. The van der Waals surface area contributed by atoms with Crippen LogP contribution in [0.15, 0.2) is 212 Å². The first-order chi connectivity index (χ1) is 30.2. The van der Waals surface area contributed by atoms with Crippen LogP contribution < -0.4 is 9.47 Å². The number of aromatic nitrogens is 3. The predicted octanol–water partition coefficient (Wildman–Crippen LogP) is 14.0. The molecule has 0 amide bonds. The summed E-state index contributed by atoms with van der Waals surface area (Å²) in [6.07, 6.45) is 0. The van der Waals surface area contributed by atoms with Gasteiger partial charge in [-0.3, -0.25) is 0 Å². The molecule has 9 aromatic carbocycles. The van der Waals surface area contributed by atoms with Crippen LogP contribution in [0.4, 0.5) is 0 Å². The zero-order chi connectivity index (χ0) is 40.3. The number of ether oxygens (including phenoxy) is 2. The van der Waals surface area contributed by atoms with Crippen molar-refractivity contribution in [1.29, 1.82) is 0 Å². The topological polar surface area (TPSA) is 57.1 Å². The molecule has 0 N–H and O–H groups in total. The number of hydrogen-bond acceptors (Lipinski definition) is 5. The zero-order valence-corrected chi connectivity index (χ0v) is 32.9. The summed E-state index contributed by atoms with van der Waals surface area (Å²) in [5, 5.41) is 2.30. The van der Waals surface area contributed by atoms with Crippen LogP contribution >= 0.6 is 0 Å². The van der Waals surface area contributed by atoms with Gasteiger partial charge in [0.1, 0.15) is 0 Å². The van der Waals surface area contributed by atoms with Gasteiger partial charge in [-0.05, 0) is 80.0 Å². The van der Waals surface area contributed by atoms with Crippen LogP contribution in [0.2, 0.25) is 0 Å². The van der Waals surface area contributed by atoms with Crippen molar-refractivity contribution < 1.29 is 9.47 Å². The van der Waals surface area contributed by atoms with Crippen molar-refractivity contribution in [3.8, 4) is 79.4 Å². The van der Waals surface area contributed by atoms with Crippen LogP contribution in [-0.4, -0.2) is 15.0 Å². The van der Waals surface area contributed by atoms with Crippen LogP contribution in [0, 0.1) is 0 Å². The molecule has 0 saturated carbocycles. The summed E-state index contributed by atoms with van der Waals surface area (Å²) in [5.41, 5.74) is 11.1. The molecule has 12 rings (SSSR count). The highest BCUT2D eigenvalue weighted by Gasteiger charge is 2.48. The molecule has 0 radical (unpaired) electrons. The van der Waals surface area contributed by atoms with Crippen LogP contribution in [0.5, 0.6) is 23.0 Å². The maximum absolute atomic E-state index is 7.02. The average molecular weight is 782 g/mol. The van der Waals surface area contributed by atoms with Gasteiger partial charge in [-0.1, -0.05) is 182 Å². The molecule has 61 heavy (non-hydrogen) atoms. The fourth-order valence-electron chi connectivity index (χ4n) is 9.26. The first kappa shape index (κ1) is 34.9. The Bertz CT molecular complexity index is 3270. The Morgan fingerprint density at radius 1 is 0.328 bits per heavy atom. The van der Waals surface area contributed by atoms with E-state index >= 15 is 0 Å². The number of hydrogen-bond donors (Lipinski definition) is 0. The first-order valence-electron chi connectivity index (χ1n) is 20.5. The van der Waals surface area contributed by atoms with Gasteiger partial charge in [0.05, 0.1) is 5.41 Å². The van der Waals surface area contributed by atoms with Gasteiger partial charge in [0.2, 0.25) is 0 Å². The molecule has 5 nitrogen and oxygen atoms in total. The van der Waals surface area contributed by atoms with Gasteiger partial charge >= 0.3 is 0 Å². The van der Waals surface area contributed by atoms with Gasteiger partial charge in [-0.25, -0.2) is 15.0 Å². The molecule has 0 spiro atoms. The fourth-order valence-corrected chi connectivity index (χ4v) is 9.26. The molecule has 0 atom stereocenters. The van der Waals surface area contributed by atoms with Crippen molar-refractivity contribution >= 4 is 10.8 Å². The third kappa shape index (κ3) is 5.66. The summed E-state index contributed by atoms with van der Waals surface area (Å²) in [6, 6.07) is 73.8. The van der Waals surface area contributed by atoms with Crippen molar-refractivity contribution in [2.24, 2.45) is 0 Å². The fraction of sp³-hybridized carbons (Fsp3) is 0.0179. The lowest BCUT2D eigenvalue weighted by atomic mass is 9.68. The minimum absolute atomic E-state index is 0.543.